The highest BCUT2D eigenvalue weighted by molar-refractivity contribution is 6.43. The minimum absolute atomic E-state index is 0.0296. The van der Waals surface area contributed by atoms with E-state index in [1.807, 2.05) is 13.0 Å². The Hall–Kier alpha value is -4.74. The minimum atomic E-state index is -0.486. The van der Waals surface area contributed by atoms with Gasteiger partial charge in [-0.1, -0.05) is 35.3 Å². The number of hydrogen-bond donors (Lipinski definition) is 1. The molecule has 5 aromatic rings. The maximum absolute atomic E-state index is 17.3. The first-order valence-electron chi connectivity index (χ1n) is 18.9. The highest BCUT2D eigenvalue weighted by atomic mass is 35.5. The molecule has 6 fully saturated rings. The monoisotopic (exact) mass is 758 g/mol. The number of aromatic nitrogens is 3. The Bertz CT molecular complexity index is 2490. The molecule has 4 saturated heterocycles. The lowest BCUT2D eigenvalue weighted by Crippen LogP contribution is -2.45. The number of carbonyl (C=O) groups is 1. The Labute approximate surface area is 322 Å². The summed E-state index contributed by atoms with van der Waals surface area (Å²) >= 11 is 13.2. The normalized spacial score (nSPS) is 25.6. The van der Waals surface area contributed by atoms with Crippen molar-refractivity contribution in [2.75, 3.05) is 24.5 Å². The molecule has 1 amide bonds. The molecule has 3 aromatic heterocycles. The number of nitrogens with one attached hydrogen (secondary N) is 1. The topological polar surface area (TPSA) is 114 Å². The third kappa shape index (κ3) is 5.00. The fourth-order valence-electron chi connectivity index (χ4n) is 10.2. The summed E-state index contributed by atoms with van der Waals surface area (Å²) in [6.45, 7) is 4.11. The van der Waals surface area contributed by atoms with E-state index in [9.17, 15) is 15.3 Å². The lowest BCUT2D eigenvalue weighted by atomic mass is 9.79. The van der Waals surface area contributed by atoms with Crippen molar-refractivity contribution in [3.05, 3.63) is 87.0 Å². The van der Waals surface area contributed by atoms with Gasteiger partial charge in [0.25, 0.3) is 0 Å². The molecule has 1 N–H and O–H groups in total. The van der Waals surface area contributed by atoms with E-state index in [1.165, 1.54) is 0 Å². The van der Waals surface area contributed by atoms with Crippen LogP contribution in [0.2, 0.25) is 10.0 Å². The molecule has 2 saturated carbocycles. The van der Waals surface area contributed by atoms with Gasteiger partial charge in [-0.2, -0.15) is 10.5 Å². The molecule has 0 radical (unpaired) electrons. The number of pyridine rings is 2. The van der Waals surface area contributed by atoms with E-state index in [2.05, 4.69) is 42.9 Å². The number of nitriles is 2. The maximum atomic E-state index is 17.3. The van der Waals surface area contributed by atoms with E-state index < -0.39 is 5.82 Å². The first-order valence-corrected chi connectivity index (χ1v) is 19.7. The molecule has 54 heavy (non-hydrogen) atoms. The number of fused-ring (bicyclic) bond motifs is 6. The molecule has 2 aliphatic carbocycles. The average molecular weight is 760 g/mol. The van der Waals surface area contributed by atoms with Gasteiger partial charge >= 0.3 is 0 Å². The SMILES string of the molecule is Cc1nc2c(F)c(-c3cccc(Cl)c3Cl)c(CCC#N)cc2c2c1cc(C1C3CC(CN(c4ncccc4C#N)C3)N1C(=O)C1CC1)n2C1C2CNC1C2. The highest BCUT2D eigenvalue weighted by Crippen LogP contribution is 2.54. The van der Waals surface area contributed by atoms with Crippen molar-refractivity contribution in [2.45, 2.75) is 69.6 Å². The molecule has 6 unspecified atom stereocenters. The number of rotatable bonds is 7. The van der Waals surface area contributed by atoms with Gasteiger partial charge in [0.15, 0.2) is 5.82 Å². The van der Waals surface area contributed by atoms with Crippen molar-refractivity contribution in [1.29, 1.82) is 10.5 Å². The molecule has 4 aliphatic heterocycles. The molecule has 6 atom stereocenters. The van der Waals surface area contributed by atoms with Crippen molar-refractivity contribution in [3.63, 3.8) is 0 Å². The number of aryl methyl sites for hydroxylation is 2. The Balaban J connectivity index is 1.21. The standard InChI is InChI=1S/C42H37Cl2FN8O/c1-21-29-16-33(39-26-13-27(52(39)42(54)22-9-10-22)20-51(19-26)41-24(17-47)6-4-12-48-41)53(38-25-15-32(38)49-18-25)40(29)30-14-23(5-3-11-46)34(36(45)37(30)50-21)28-7-2-8-31(43)35(28)44/h2,4,6-8,12,14,16,22,25-27,32,38-39,49H,3,5,9-10,13,15,18-20H2,1H3. The van der Waals surface area contributed by atoms with Crippen molar-refractivity contribution >= 4 is 56.7 Å². The second kappa shape index (κ2) is 12.7. The molecule has 0 spiro atoms. The molecule has 2 aromatic carbocycles. The summed E-state index contributed by atoms with van der Waals surface area (Å²) in [6, 6.07) is 17.7. The van der Waals surface area contributed by atoms with Crippen LogP contribution in [0.15, 0.2) is 48.7 Å². The summed E-state index contributed by atoms with van der Waals surface area (Å²) in [4.78, 5) is 28.4. The second-order valence-electron chi connectivity index (χ2n) is 15.8. The Morgan fingerprint density at radius 3 is 2.67 bits per heavy atom. The number of carbonyl (C=O) groups excluding carboxylic acids is 1. The van der Waals surface area contributed by atoms with Gasteiger partial charge in [0.1, 0.15) is 17.4 Å². The molecular weight excluding hydrogens is 722 g/mol. The second-order valence-corrected chi connectivity index (χ2v) is 16.6. The van der Waals surface area contributed by atoms with Gasteiger partial charge in [-0.05, 0) is 80.8 Å². The quantitative estimate of drug-likeness (QED) is 0.179. The third-order valence-corrected chi connectivity index (χ3v) is 13.5. The van der Waals surface area contributed by atoms with Crippen LogP contribution in [0.4, 0.5) is 10.2 Å². The lowest BCUT2D eigenvalue weighted by Gasteiger charge is -2.40. The van der Waals surface area contributed by atoms with Crippen LogP contribution >= 0.6 is 23.2 Å². The van der Waals surface area contributed by atoms with Crippen LogP contribution in [0.25, 0.3) is 32.9 Å². The number of nitrogens with zero attached hydrogens (tertiary/aromatic N) is 7. The van der Waals surface area contributed by atoms with Crippen LogP contribution < -0.4 is 10.2 Å². The van der Waals surface area contributed by atoms with Crippen molar-refractivity contribution in [3.8, 4) is 23.3 Å². The zero-order chi connectivity index (χ0) is 37.0. The maximum Gasteiger partial charge on any atom is 0.226 e. The van der Waals surface area contributed by atoms with E-state index in [4.69, 9.17) is 28.2 Å². The van der Waals surface area contributed by atoms with Gasteiger partial charge in [-0.3, -0.25) is 4.79 Å². The summed E-state index contributed by atoms with van der Waals surface area (Å²) in [5.74, 6) is 0.903. The summed E-state index contributed by atoms with van der Waals surface area (Å²) < 4.78 is 19.8. The Morgan fingerprint density at radius 2 is 1.93 bits per heavy atom. The average Bonchev–Trinajstić information content (AvgIpc) is 3.46. The number of piperidine rings is 1. The fraction of sp³-hybridized carbons (Fsp3) is 0.405. The van der Waals surface area contributed by atoms with Gasteiger partial charge in [-0.25, -0.2) is 14.4 Å². The van der Waals surface area contributed by atoms with E-state index in [0.29, 0.717) is 69.6 Å². The molecule has 6 aliphatic rings. The number of amides is 1. The molecule has 12 heteroatoms. The number of likely N-dealkylation sites (tertiary alicyclic amines) is 1. The van der Waals surface area contributed by atoms with E-state index in [1.54, 1.807) is 36.5 Å². The summed E-state index contributed by atoms with van der Waals surface area (Å²) in [5.41, 5.74) is 4.93. The third-order valence-electron chi connectivity index (χ3n) is 12.7. The van der Waals surface area contributed by atoms with E-state index in [0.717, 1.165) is 48.8 Å². The number of benzene rings is 2. The number of hydrogen-bond acceptors (Lipinski definition) is 7. The van der Waals surface area contributed by atoms with Crippen LogP contribution in [0.5, 0.6) is 0 Å². The van der Waals surface area contributed by atoms with Crippen LogP contribution in [-0.2, 0) is 11.2 Å². The van der Waals surface area contributed by atoms with Gasteiger partial charge in [-0.15, -0.1) is 0 Å². The van der Waals surface area contributed by atoms with Gasteiger partial charge in [0, 0.05) is 83.4 Å². The Morgan fingerprint density at radius 1 is 1.07 bits per heavy atom. The van der Waals surface area contributed by atoms with Crippen LogP contribution in [-0.4, -0.2) is 57.1 Å². The molecule has 7 heterocycles. The van der Waals surface area contributed by atoms with Gasteiger partial charge in [0.05, 0.1) is 45.3 Å². The molecule has 4 bridgehead atoms. The van der Waals surface area contributed by atoms with Crippen LogP contribution in [0, 0.1) is 53.2 Å². The van der Waals surface area contributed by atoms with Crippen molar-refractivity contribution in [2.24, 2.45) is 17.8 Å². The van der Waals surface area contributed by atoms with Crippen LogP contribution in [0.3, 0.4) is 0 Å². The summed E-state index contributed by atoms with van der Waals surface area (Å²) in [6.07, 6.45) is 5.98. The summed E-state index contributed by atoms with van der Waals surface area (Å²) in [7, 11) is 0. The zero-order valence-electron chi connectivity index (χ0n) is 29.7. The lowest BCUT2D eigenvalue weighted by molar-refractivity contribution is -0.135. The predicted octanol–water partition coefficient (Wildman–Crippen LogP) is 8.05. The Kier molecular flexibility index (Phi) is 7.93. The van der Waals surface area contributed by atoms with Crippen LogP contribution in [0.1, 0.15) is 66.7 Å². The van der Waals surface area contributed by atoms with E-state index >= 15 is 4.39 Å². The largest absolute Gasteiger partial charge is 0.353 e. The molecular formula is C42H37Cl2FN8O. The predicted molar refractivity (Wildman–Crippen MR) is 206 cm³/mol. The number of anilines is 1. The van der Waals surface area contributed by atoms with Gasteiger partial charge < -0.3 is 19.7 Å². The summed E-state index contributed by atoms with van der Waals surface area (Å²) in [5, 5.41) is 25.6. The minimum Gasteiger partial charge on any atom is -0.353 e. The fourth-order valence-corrected chi connectivity index (χ4v) is 10.6. The molecule has 272 valence electrons. The first-order chi connectivity index (χ1) is 26.3. The zero-order valence-corrected chi connectivity index (χ0v) is 31.2. The molecule has 11 rings (SSSR count). The van der Waals surface area contributed by atoms with Crippen molar-refractivity contribution in [1.82, 2.24) is 24.8 Å². The molecule has 9 nitrogen and oxygen atoms in total. The van der Waals surface area contributed by atoms with Gasteiger partial charge in [0.2, 0.25) is 5.91 Å². The number of halogens is 3. The highest BCUT2D eigenvalue weighted by Gasteiger charge is 2.55. The van der Waals surface area contributed by atoms with Crippen molar-refractivity contribution < 1.29 is 9.18 Å². The van der Waals surface area contributed by atoms with E-state index in [-0.39, 0.29) is 58.9 Å². The first kappa shape index (κ1) is 33.8. The smallest absolute Gasteiger partial charge is 0.226 e.